The number of hydrogen-bond donors (Lipinski definition) is 2. The first-order valence-corrected chi connectivity index (χ1v) is 12.9. The van der Waals surface area contributed by atoms with Crippen LogP contribution in [0.4, 0.5) is 5.69 Å². The zero-order valence-corrected chi connectivity index (χ0v) is 23.2. The summed E-state index contributed by atoms with van der Waals surface area (Å²) in [5.41, 5.74) is 0.660. The standard InChI is InChI=1S/C29H25Cl2NO8/c1-4-13-40-29(37)16-5-9-17(10-6-16)32-23(15-7-11-18(33)12-8-15)21(25(35)28(32)36)24(34)19-14-20(30)27(39-3)22(31)26(19)38-2/h5-12,14,23,33-34H,4,13H2,1-3H3/b24-21+. The van der Waals surface area contributed by atoms with Crippen molar-refractivity contribution in [2.24, 2.45) is 0 Å². The summed E-state index contributed by atoms with van der Waals surface area (Å²) in [6, 6.07) is 12.0. The third-order valence-electron chi connectivity index (χ3n) is 6.27. The molecule has 9 nitrogen and oxygen atoms in total. The number of ketones is 1. The smallest absolute Gasteiger partial charge is 0.338 e. The Bertz CT molecular complexity index is 1500. The molecule has 3 aromatic carbocycles. The van der Waals surface area contributed by atoms with Crippen molar-refractivity contribution in [2.75, 3.05) is 25.7 Å². The van der Waals surface area contributed by atoms with Gasteiger partial charge in [-0.2, -0.15) is 0 Å². The molecule has 1 saturated heterocycles. The second-order valence-electron chi connectivity index (χ2n) is 8.73. The van der Waals surface area contributed by atoms with Crippen LogP contribution in [0.25, 0.3) is 5.76 Å². The van der Waals surface area contributed by atoms with Crippen LogP contribution >= 0.6 is 23.2 Å². The van der Waals surface area contributed by atoms with Crippen LogP contribution in [0.15, 0.2) is 60.2 Å². The van der Waals surface area contributed by atoms with Gasteiger partial charge in [0.05, 0.1) is 48.6 Å². The van der Waals surface area contributed by atoms with E-state index < -0.39 is 29.5 Å². The molecule has 0 aromatic heterocycles. The minimum absolute atomic E-state index is 0.0222. The average Bonchev–Trinajstić information content (AvgIpc) is 3.21. The Kier molecular flexibility index (Phi) is 8.56. The number of benzene rings is 3. The number of carbonyl (C=O) groups is 3. The molecule has 11 heteroatoms. The average molecular weight is 586 g/mol. The van der Waals surface area contributed by atoms with Gasteiger partial charge in [-0.1, -0.05) is 42.3 Å². The van der Waals surface area contributed by atoms with Crippen molar-refractivity contribution in [2.45, 2.75) is 19.4 Å². The minimum Gasteiger partial charge on any atom is -0.508 e. The lowest BCUT2D eigenvalue weighted by Crippen LogP contribution is -2.29. The van der Waals surface area contributed by atoms with E-state index in [2.05, 4.69) is 0 Å². The summed E-state index contributed by atoms with van der Waals surface area (Å²) in [6.45, 7) is 2.14. The van der Waals surface area contributed by atoms with Gasteiger partial charge in [0.15, 0.2) is 11.5 Å². The largest absolute Gasteiger partial charge is 0.508 e. The molecule has 2 N–H and O–H groups in total. The SMILES string of the molecule is CCCOC(=O)c1ccc(N2C(=O)C(=O)/C(=C(/O)c3cc(Cl)c(OC)c(Cl)c3OC)C2c2ccc(O)cc2)cc1. The number of carbonyl (C=O) groups excluding carboxylic acids is 3. The lowest BCUT2D eigenvalue weighted by Gasteiger charge is -2.26. The molecule has 3 aromatic rings. The molecule has 0 radical (unpaired) electrons. The molecule has 40 heavy (non-hydrogen) atoms. The molecule has 0 aliphatic carbocycles. The number of rotatable bonds is 8. The zero-order valence-electron chi connectivity index (χ0n) is 21.7. The Morgan fingerprint density at radius 1 is 0.975 bits per heavy atom. The molecule has 1 fully saturated rings. The summed E-state index contributed by atoms with van der Waals surface area (Å²) in [7, 11) is 2.67. The maximum atomic E-state index is 13.5. The van der Waals surface area contributed by atoms with Gasteiger partial charge in [-0.15, -0.1) is 0 Å². The number of ether oxygens (including phenoxy) is 3. The van der Waals surface area contributed by atoms with Crippen molar-refractivity contribution in [3.63, 3.8) is 0 Å². The predicted molar refractivity (Wildman–Crippen MR) is 149 cm³/mol. The number of phenolic OH excluding ortho intramolecular Hbond substituents is 1. The molecule has 1 unspecified atom stereocenters. The van der Waals surface area contributed by atoms with Crippen molar-refractivity contribution in [3.8, 4) is 17.2 Å². The van der Waals surface area contributed by atoms with Gasteiger partial charge < -0.3 is 24.4 Å². The first-order chi connectivity index (χ1) is 19.1. The van der Waals surface area contributed by atoms with Gasteiger partial charge in [0, 0.05) is 5.69 Å². The van der Waals surface area contributed by atoms with E-state index in [4.69, 9.17) is 37.4 Å². The second kappa shape index (κ2) is 11.9. The minimum atomic E-state index is -1.12. The Morgan fingerprint density at radius 3 is 2.17 bits per heavy atom. The first kappa shape index (κ1) is 28.8. The molecule has 1 aliphatic heterocycles. The molecule has 208 valence electrons. The van der Waals surface area contributed by atoms with Crippen LogP contribution in [-0.2, 0) is 14.3 Å². The van der Waals surface area contributed by atoms with E-state index in [1.807, 2.05) is 6.92 Å². The van der Waals surface area contributed by atoms with Crippen molar-refractivity contribution in [3.05, 3.63) is 86.9 Å². The van der Waals surface area contributed by atoms with Crippen LogP contribution in [0.5, 0.6) is 17.2 Å². The van der Waals surface area contributed by atoms with E-state index in [-0.39, 0.29) is 56.3 Å². The van der Waals surface area contributed by atoms with Crippen LogP contribution in [0.1, 0.15) is 40.9 Å². The number of esters is 1. The predicted octanol–water partition coefficient (Wildman–Crippen LogP) is 5.91. The maximum Gasteiger partial charge on any atom is 0.338 e. The second-order valence-corrected chi connectivity index (χ2v) is 9.52. The van der Waals surface area contributed by atoms with Gasteiger partial charge in [-0.3, -0.25) is 14.5 Å². The van der Waals surface area contributed by atoms with E-state index in [1.54, 1.807) is 0 Å². The highest BCUT2D eigenvalue weighted by Gasteiger charge is 2.47. The molecule has 1 atom stereocenters. The zero-order chi connectivity index (χ0) is 29.1. The lowest BCUT2D eigenvalue weighted by molar-refractivity contribution is -0.132. The third-order valence-corrected chi connectivity index (χ3v) is 6.89. The number of halogens is 2. The summed E-state index contributed by atoms with van der Waals surface area (Å²) < 4.78 is 15.8. The number of anilines is 1. The Morgan fingerprint density at radius 2 is 1.60 bits per heavy atom. The number of hydrogen-bond acceptors (Lipinski definition) is 8. The number of amides is 1. The van der Waals surface area contributed by atoms with Gasteiger partial charge in [0.2, 0.25) is 0 Å². The highest BCUT2D eigenvalue weighted by atomic mass is 35.5. The first-order valence-electron chi connectivity index (χ1n) is 12.1. The molecule has 4 rings (SSSR count). The number of phenols is 1. The molecule has 1 heterocycles. The van der Waals surface area contributed by atoms with Gasteiger partial charge >= 0.3 is 5.97 Å². The Labute approximate surface area is 240 Å². The Hall–Kier alpha value is -4.21. The van der Waals surface area contributed by atoms with E-state index in [1.165, 1.54) is 73.7 Å². The number of methoxy groups -OCH3 is 2. The van der Waals surface area contributed by atoms with Gasteiger partial charge in [-0.25, -0.2) is 4.79 Å². The third kappa shape index (κ3) is 5.17. The van der Waals surface area contributed by atoms with Crippen LogP contribution in [0, 0.1) is 0 Å². The normalized spacial score (nSPS) is 16.2. The topological polar surface area (TPSA) is 123 Å². The van der Waals surface area contributed by atoms with Gasteiger partial charge in [-0.05, 0) is 54.4 Å². The van der Waals surface area contributed by atoms with Crippen molar-refractivity contribution in [1.82, 2.24) is 0 Å². The summed E-state index contributed by atoms with van der Waals surface area (Å²) in [5, 5.41) is 21.4. The van der Waals surface area contributed by atoms with Gasteiger partial charge in [0.25, 0.3) is 11.7 Å². The van der Waals surface area contributed by atoms with Crippen LogP contribution in [-0.4, -0.2) is 48.7 Å². The van der Waals surface area contributed by atoms with E-state index in [9.17, 15) is 24.6 Å². The number of aliphatic hydroxyl groups is 1. The van der Waals surface area contributed by atoms with Crippen molar-refractivity contribution >= 4 is 52.3 Å². The Balaban J connectivity index is 1.91. The van der Waals surface area contributed by atoms with Crippen LogP contribution < -0.4 is 14.4 Å². The summed E-state index contributed by atoms with van der Waals surface area (Å²) in [4.78, 5) is 40.4. The fourth-order valence-electron chi connectivity index (χ4n) is 4.40. The van der Waals surface area contributed by atoms with Crippen LogP contribution in [0.3, 0.4) is 0 Å². The van der Waals surface area contributed by atoms with E-state index >= 15 is 0 Å². The molecule has 1 aliphatic rings. The molecule has 0 spiro atoms. The van der Waals surface area contributed by atoms with Crippen molar-refractivity contribution in [1.29, 1.82) is 0 Å². The highest BCUT2D eigenvalue weighted by molar-refractivity contribution is 6.52. The maximum absolute atomic E-state index is 13.5. The molecule has 0 bridgehead atoms. The summed E-state index contributed by atoms with van der Waals surface area (Å²) in [6.07, 6.45) is 0.663. The fourth-order valence-corrected chi connectivity index (χ4v) is 5.09. The molecular formula is C29H25Cl2NO8. The van der Waals surface area contributed by atoms with E-state index in [0.717, 1.165) is 0 Å². The fraction of sp³-hybridized carbons (Fsp3) is 0.207. The van der Waals surface area contributed by atoms with Crippen molar-refractivity contribution < 1.29 is 38.8 Å². The highest BCUT2D eigenvalue weighted by Crippen LogP contribution is 2.48. The van der Waals surface area contributed by atoms with Crippen LogP contribution in [0.2, 0.25) is 10.0 Å². The van der Waals surface area contributed by atoms with Gasteiger partial charge in [0.1, 0.15) is 16.5 Å². The molecular weight excluding hydrogens is 561 g/mol. The number of Topliss-reactive ketones (excluding diaryl/α,β-unsaturated/α-hetero) is 1. The number of aromatic hydroxyl groups is 1. The summed E-state index contributed by atoms with van der Waals surface area (Å²) >= 11 is 12.7. The monoisotopic (exact) mass is 585 g/mol. The summed E-state index contributed by atoms with van der Waals surface area (Å²) in [5.74, 6) is -2.97. The lowest BCUT2D eigenvalue weighted by atomic mass is 9.94. The number of aliphatic hydroxyl groups excluding tert-OH is 1. The quantitative estimate of drug-likeness (QED) is 0.145. The molecule has 1 amide bonds. The number of nitrogens with zero attached hydrogens (tertiary/aromatic N) is 1. The molecule has 0 saturated carbocycles. The van der Waals surface area contributed by atoms with E-state index in [0.29, 0.717) is 12.0 Å².